The Balaban J connectivity index is 1.55. The molecule has 0 spiro atoms. The van der Waals surface area contributed by atoms with Gasteiger partial charge in [-0.3, -0.25) is 0 Å². The third-order valence-electron chi connectivity index (χ3n) is 4.66. The van der Waals surface area contributed by atoms with E-state index in [4.69, 9.17) is 9.84 Å². The summed E-state index contributed by atoms with van der Waals surface area (Å²) in [6.07, 6.45) is -2.40. The Hall–Kier alpha value is -1.90. The van der Waals surface area contributed by atoms with Crippen molar-refractivity contribution < 1.29 is 27.8 Å². The minimum atomic E-state index is -4.49. The van der Waals surface area contributed by atoms with Gasteiger partial charge in [0.05, 0.1) is 6.10 Å². The molecule has 0 unspecified atom stereocenters. The number of alkyl halides is 3. The Morgan fingerprint density at radius 1 is 1.17 bits per heavy atom. The summed E-state index contributed by atoms with van der Waals surface area (Å²) in [7, 11) is 0. The molecule has 0 aromatic carbocycles. The van der Waals surface area contributed by atoms with Crippen molar-refractivity contribution in [2.45, 2.75) is 44.1 Å². The van der Waals surface area contributed by atoms with E-state index in [1.807, 2.05) is 4.90 Å². The van der Waals surface area contributed by atoms with Crippen LogP contribution >= 0.6 is 0 Å². The van der Waals surface area contributed by atoms with Gasteiger partial charge in [0.25, 0.3) is 0 Å². The Morgan fingerprint density at radius 3 is 2.38 bits per heavy atom. The topological polar surface area (TPSA) is 75.5 Å². The number of hydrogen-bond donors (Lipinski definition) is 1. The van der Waals surface area contributed by atoms with Crippen LogP contribution in [0.15, 0.2) is 12.1 Å². The lowest BCUT2D eigenvalue weighted by Gasteiger charge is -2.35. The maximum absolute atomic E-state index is 12.5. The minimum Gasteiger partial charge on any atom is -0.479 e. The molecule has 0 radical (unpaired) electrons. The molecule has 2 saturated heterocycles. The lowest BCUT2D eigenvalue weighted by molar-refractivity contribution is -0.150. The number of nitrogens with zero attached hydrogens (tertiary/aromatic N) is 3. The molecule has 1 aromatic heterocycles. The van der Waals surface area contributed by atoms with Gasteiger partial charge < -0.3 is 14.7 Å². The summed E-state index contributed by atoms with van der Waals surface area (Å²) in [4.78, 5) is 12.8. The minimum absolute atomic E-state index is 0.0491. The van der Waals surface area contributed by atoms with Crippen LogP contribution in [0.25, 0.3) is 0 Å². The molecule has 3 heterocycles. The molecule has 132 valence electrons. The fraction of sp³-hybridized carbons (Fsp3) is 0.667. The molecule has 2 aliphatic rings. The van der Waals surface area contributed by atoms with Gasteiger partial charge in [-0.25, -0.2) is 4.79 Å². The third kappa shape index (κ3) is 3.61. The van der Waals surface area contributed by atoms with Crippen LogP contribution in [0.4, 0.5) is 19.0 Å². The van der Waals surface area contributed by atoms with Crippen molar-refractivity contribution in [3.05, 3.63) is 17.8 Å². The Bertz CT molecular complexity index is 586. The zero-order chi connectivity index (χ0) is 17.3. The highest BCUT2D eigenvalue weighted by Crippen LogP contribution is 2.33. The summed E-state index contributed by atoms with van der Waals surface area (Å²) in [5, 5.41) is 15.9. The first kappa shape index (κ1) is 16.9. The SMILES string of the molecule is O=C(O)[C@H]1CC[C@@H](C2CCN(c3ccc(C(F)(F)F)nn3)CC2)O1. The second-order valence-corrected chi connectivity index (χ2v) is 6.18. The number of carboxylic acids is 1. The quantitative estimate of drug-likeness (QED) is 0.906. The molecule has 1 aromatic rings. The molecule has 0 amide bonds. The number of hydrogen-bond acceptors (Lipinski definition) is 5. The first-order chi connectivity index (χ1) is 11.3. The second-order valence-electron chi connectivity index (χ2n) is 6.18. The standard InChI is InChI=1S/C15H18F3N3O3/c16-15(17,18)12-3-4-13(20-19-12)21-7-5-9(6-8-21)10-1-2-11(24-10)14(22)23/h3-4,9-11H,1-2,5-8H2,(H,22,23)/t10-,11+/m0/s1. The molecule has 0 saturated carbocycles. The van der Waals surface area contributed by atoms with Gasteiger partial charge in [0.1, 0.15) is 0 Å². The number of carboxylic acid groups (broad SMARTS) is 1. The van der Waals surface area contributed by atoms with Crippen LogP contribution in [0.3, 0.4) is 0 Å². The van der Waals surface area contributed by atoms with Crippen molar-refractivity contribution in [1.82, 2.24) is 10.2 Å². The molecule has 2 fully saturated rings. The number of aliphatic carboxylic acids is 1. The highest BCUT2D eigenvalue weighted by atomic mass is 19.4. The molecule has 2 atom stereocenters. The van der Waals surface area contributed by atoms with Crippen molar-refractivity contribution in [2.24, 2.45) is 5.92 Å². The zero-order valence-corrected chi connectivity index (χ0v) is 12.9. The second kappa shape index (κ2) is 6.54. The maximum Gasteiger partial charge on any atom is 0.435 e. The fourth-order valence-electron chi connectivity index (χ4n) is 3.34. The van der Waals surface area contributed by atoms with Crippen LogP contribution in [0, 0.1) is 5.92 Å². The lowest BCUT2D eigenvalue weighted by atomic mass is 9.90. The summed E-state index contributed by atoms with van der Waals surface area (Å²) in [6.45, 7) is 1.28. The fourth-order valence-corrected chi connectivity index (χ4v) is 3.34. The van der Waals surface area contributed by atoms with Crippen LogP contribution in [-0.4, -0.2) is 46.6 Å². The largest absolute Gasteiger partial charge is 0.479 e. The van der Waals surface area contributed by atoms with Crippen LogP contribution in [-0.2, 0) is 15.7 Å². The molecule has 0 bridgehead atoms. The van der Waals surface area contributed by atoms with Gasteiger partial charge in [-0.1, -0.05) is 0 Å². The molecule has 6 nitrogen and oxygen atoms in total. The highest BCUT2D eigenvalue weighted by Gasteiger charge is 2.37. The monoisotopic (exact) mass is 345 g/mol. The van der Waals surface area contributed by atoms with E-state index in [0.717, 1.165) is 25.3 Å². The van der Waals surface area contributed by atoms with Gasteiger partial charge in [-0.2, -0.15) is 13.2 Å². The van der Waals surface area contributed by atoms with Crippen molar-refractivity contribution in [3.63, 3.8) is 0 Å². The van der Waals surface area contributed by atoms with Crippen LogP contribution in [0.1, 0.15) is 31.4 Å². The Labute approximate surface area is 136 Å². The lowest BCUT2D eigenvalue weighted by Crippen LogP contribution is -2.38. The van der Waals surface area contributed by atoms with Gasteiger partial charge in [0.15, 0.2) is 17.6 Å². The van der Waals surface area contributed by atoms with Crippen molar-refractivity contribution >= 4 is 11.8 Å². The van der Waals surface area contributed by atoms with E-state index < -0.39 is 23.9 Å². The van der Waals surface area contributed by atoms with E-state index in [-0.39, 0.29) is 12.0 Å². The first-order valence-electron chi connectivity index (χ1n) is 7.89. The van der Waals surface area contributed by atoms with Crippen molar-refractivity contribution in [3.8, 4) is 0 Å². The van der Waals surface area contributed by atoms with E-state index >= 15 is 0 Å². The van der Waals surface area contributed by atoms with Gasteiger partial charge in [0, 0.05) is 13.1 Å². The molecule has 24 heavy (non-hydrogen) atoms. The summed E-state index contributed by atoms with van der Waals surface area (Å²) in [5.74, 6) is -0.222. The summed E-state index contributed by atoms with van der Waals surface area (Å²) in [5.41, 5.74) is -1.000. The summed E-state index contributed by atoms with van der Waals surface area (Å²) in [6, 6.07) is 2.27. The van der Waals surface area contributed by atoms with Crippen LogP contribution < -0.4 is 4.90 Å². The average Bonchev–Trinajstić information content (AvgIpc) is 3.05. The third-order valence-corrected chi connectivity index (χ3v) is 4.66. The molecule has 0 aliphatic carbocycles. The number of ether oxygens (including phenoxy) is 1. The van der Waals surface area contributed by atoms with Crippen molar-refractivity contribution in [2.75, 3.05) is 18.0 Å². The smallest absolute Gasteiger partial charge is 0.435 e. The Kier molecular flexibility index (Phi) is 4.62. The number of rotatable bonds is 3. The normalized spacial score (nSPS) is 25.9. The number of anilines is 1. The zero-order valence-electron chi connectivity index (χ0n) is 12.9. The number of aromatic nitrogens is 2. The van der Waals surface area contributed by atoms with Gasteiger partial charge in [-0.15, -0.1) is 10.2 Å². The van der Waals surface area contributed by atoms with Crippen LogP contribution in [0.2, 0.25) is 0 Å². The number of carbonyl (C=O) groups is 1. The Morgan fingerprint density at radius 2 is 1.88 bits per heavy atom. The predicted molar refractivity (Wildman–Crippen MR) is 77.5 cm³/mol. The van der Waals surface area contributed by atoms with E-state index in [1.165, 1.54) is 6.07 Å². The first-order valence-corrected chi connectivity index (χ1v) is 7.89. The van der Waals surface area contributed by atoms with E-state index in [0.29, 0.717) is 25.3 Å². The predicted octanol–water partition coefficient (Wildman–Crippen LogP) is 2.34. The van der Waals surface area contributed by atoms with E-state index in [1.54, 1.807) is 0 Å². The summed E-state index contributed by atoms with van der Waals surface area (Å²) < 4.78 is 43.1. The van der Waals surface area contributed by atoms with Gasteiger partial charge in [-0.05, 0) is 43.7 Å². The van der Waals surface area contributed by atoms with E-state index in [2.05, 4.69) is 10.2 Å². The molecule has 9 heteroatoms. The highest BCUT2D eigenvalue weighted by molar-refractivity contribution is 5.72. The molecule has 1 N–H and O–H groups in total. The number of piperidine rings is 1. The van der Waals surface area contributed by atoms with Gasteiger partial charge >= 0.3 is 12.1 Å². The maximum atomic E-state index is 12.5. The molecule has 3 rings (SSSR count). The van der Waals surface area contributed by atoms with Crippen LogP contribution in [0.5, 0.6) is 0 Å². The molecular formula is C15H18F3N3O3. The molecule has 2 aliphatic heterocycles. The molecular weight excluding hydrogens is 327 g/mol. The van der Waals surface area contributed by atoms with E-state index in [9.17, 15) is 18.0 Å². The average molecular weight is 345 g/mol. The summed E-state index contributed by atoms with van der Waals surface area (Å²) >= 11 is 0. The number of halogens is 3. The van der Waals surface area contributed by atoms with Gasteiger partial charge in [0.2, 0.25) is 0 Å². The van der Waals surface area contributed by atoms with Crippen molar-refractivity contribution in [1.29, 1.82) is 0 Å².